The third-order valence-corrected chi connectivity index (χ3v) is 2.82. The van der Waals surface area contributed by atoms with Gasteiger partial charge in [0.2, 0.25) is 0 Å². The summed E-state index contributed by atoms with van der Waals surface area (Å²) in [4.78, 5) is 0. The van der Waals surface area contributed by atoms with Gasteiger partial charge in [0.15, 0.2) is 0 Å². The molecule has 3 heteroatoms. The van der Waals surface area contributed by atoms with Crippen molar-refractivity contribution in [2.24, 2.45) is 0 Å². The fourth-order valence-corrected chi connectivity index (χ4v) is 1.81. The van der Waals surface area contributed by atoms with Crippen molar-refractivity contribution >= 4 is 11.6 Å². The van der Waals surface area contributed by atoms with Crippen LogP contribution in [0.5, 0.6) is 5.75 Å². The first-order valence-electron chi connectivity index (χ1n) is 6.30. The third kappa shape index (κ3) is 5.00. The third-order valence-electron chi connectivity index (χ3n) is 2.47. The molecule has 0 unspecified atom stereocenters. The van der Waals surface area contributed by atoms with E-state index in [1.54, 1.807) is 0 Å². The standard InChI is InChI=1S/C15H20ClNO/c1-3-5-6-11-18-15-9-7-8-14(16)13(15)12-17-10-4-2/h7-9,17H,4,6,10-12H2,1-2H3. The molecule has 98 valence electrons. The molecule has 0 aromatic heterocycles. The SMILES string of the molecule is CC#CCCOc1cccc(Cl)c1CNCCC. The van der Waals surface area contributed by atoms with E-state index in [-0.39, 0.29) is 0 Å². The highest BCUT2D eigenvalue weighted by Crippen LogP contribution is 2.26. The Morgan fingerprint density at radius 2 is 2.22 bits per heavy atom. The molecule has 0 heterocycles. The van der Waals surface area contributed by atoms with E-state index in [1.165, 1.54) is 0 Å². The molecule has 2 nitrogen and oxygen atoms in total. The second kappa shape index (κ2) is 8.85. The summed E-state index contributed by atoms with van der Waals surface area (Å²) in [5, 5.41) is 4.09. The van der Waals surface area contributed by atoms with E-state index < -0.39 is 0 Å². The first kappa shape index (κ1) is 14.9. The van der Waals surface area contributed by atoms with E-state index in [9.17, 15) is 0 Å². The maximum Gasteiger partial charge on any atom is 0.125 e. The van der Waals surface area contributed by atoms with E-state index in [4.69, 9.17) is 16.3 Å². The van der Waals surface area contributed by atoms with Crippen LogP contribution in [0.2, 0.25) is 5.02 Å². The normalized spacial score (nSPS) is 9.72. The fourth-order valence-electron chi connectivity index (χ4n) is 1.57. The van der Waals surface area contributed by atoms with E-state index in [0.717, 1.165) is 42.3 Å². The van der Waals surface area contributed by atoms with Gasteiger partial charge in [-0.25, -0.2) is 0 Å². The van der Waals surface area contributed by atoms with Crippen LogP contribution < -0.4 is 10.1 Å². The van der Waals surface area contributed by atoms with Gasteiger partial charge in [-0.2, -0.15) is 0 Å². The zero-order valence-electron chi connectivity index (χ0n) is 11.1. The van der Waals surface area contributed by atoms with Crippen LogP contribution in [0.25, 0.3) is 0 Å². The van der Waals surface area contributed by atoms with Crippen molar-refractivity contribution in [3.8, 4) is 17.6 Å². The molecule has 0 aliphatic heterocycles. The smallest absolute Gasteiger partial charge is 0.125 e. The summed E-state index contributed by atoms with van der Waals surface area (Å²) >= 11 is 6.20. The lowest BCUT2D eigenvalue weighted by Gasteiger charge is -2.12. The first-order chi connectivity index (χ1) is 8.79. The summed E-state index contributed by atoms with van der Waals surface area (Å²) in [6.07, 6.45) is 1.84. The van der Waals surface area contributed by atoms with Crippen molar-refractivity contribution < 1.29 is 4.74 Å². The minimum Gasteiger partial charge on any atom is -0.492 e. The molecule has 0 radical (unpaired) electrons. The molecule has 0 spiro atoms. The Balaban J connectivity index is 2.63. The Morgan fingerprint density at radius 1 is 1.39 bits per heavy atom. The zero-order chi connectivity index (χ0) is 13.2. The van der Waals surface area contributed by atoms with Crippen LogP contribution in [0.4, 0.5) is 0 Å². The van der Waals surface area contributed by atoms with Gasteiger partial charge in [-0.15, -0.1) is 11.8 Å². The molecule has 0 saturated carbocycles. The van der Waals surface area contributed by atoms with Crippen molar-refractivity contribution in [2.75, 3.05) is 13.2 Å². The number of hydrogen-bond acceptors (Lipinski definition) is 2. The van der Waals surface area contributed by atoms with Crippen LogP contribution in [0.1, 0.15) is 32.3 Å². The minimum absolute atomic E-state index is 0.599. The summed E-state index contributed by atoms with van der Waals surface area (Å²) < 4.78 is 5.72. The summed E-state index contributed by atoms with van der Waals surface area (Å²) in [6, 6.07) is 5.75. The van der Waals surface area contributed by atoms with Crippen molar-refractivity contribution in [1.82, 2.24) is 5.32 Å². The second-order valence-electron chi connectivity index (χ2n) is 3.92. The zero-order valence-corrected chi connectivity index (χ0v) is 11.8. The van der Waals surface area contributed by atoms with Gasteiger partial charge in [-0.05, 0) is 32.0 Å². The fraction of sp³-hybridized carbons (Fsp3) is 0.467. The lowest BCUT2D eigenvalue weighted by Crippen LogP contribution is -2.15. The van der Waals surface area contributed by atoms with E-state index in [0.29, 0.717) is 6.61 Å². The number of halogens is 1. The van der Waals surface area contributed by atoms with E-state index in [2.05, 4.69) is 24.1 Å². The van der Waals surface area contributed by atoms with E-state index in [1.807, 2.05) is 25.1 Å². The highest BCUT2D eigenvalue weighted by Gasteiger charge is 2.07. The number of rotatable bonds is 7. The monoisotopic (exact) mass is 265 g/mol. The number of ether oxygens (including phenoxy) is 1. The van der Waals surface area contributed by atoms with Crippen molar-refractivity contribution in [2.45, 2.75) is 33.2 Å². The van der Waals surface area contributed by atoms with Gasteiger partial charge < -0.3 is 10.1 Å². The molecule has 0 aliphatic rings. The van der Waals surface area contributed by atoms with Gasteiger partial charge in [0.25, 0.3) is 0 Å². The summed E-state index contributed by atoms with van der Waals surface area (Å²) in [5.41, 5.74) is 1.03. The quantitative estimate of drug-likeness (QED) is 0.600. The highest BCUT2D eigenvalue weighted by atomic mass is 35.5. The molecule has 0 fully saturated rings. The second-order valence-corrected chi connectivity index (χ2v) is 4.33. The molecular formula is C15H20ClNO. The highest BCUT2D eigenvalue weighted by molar-refractivity contribution is 6.31. The van der Waals surface area contributed by atoms with Crippen molar-refractivity contribution in [3.05, 3.63) is 28.8 Å². The number of nitrogens with one attached hydrogen (secondary N) is 1. The Labute approximate surface area is 115 Å². The summed E-state index contributed by atoms with van der Waals surface area (Å²) in [5.74, 6) is 6.69. The van der Waals surface area contributed by atoms with Gasteiger partial charge in [0.05, 0.1) is 6.61 Å². The number of benzene rings is 1. The Hall–Kier alpha value is -1.17. The topological polar surface area (TPSA) is 21.3 Å². The minimum atomic E-state index is 0.599. The van der Waals surface area contributed by atoms with Crippen LogP contribution in [-0.4, -0.2) is 13.2 Å². The molecule has 18 heavy (non-hydrogen) atoms. The Bertz CT molecular complexity index is 420. The lowest BCUT2D eigenvalue weighted by atomic mass is 10.2. The molecule has 1 N–H and O–H groups in total. The first-order valence-corrected chi connectivity index (χ1v) is 6.68. The lowest BCUT2D eigenvalue weighted by molar-refractivity contribution is 0.323. The molecular weight excluding hydrogens is 246 g/mol. The van der Waals surface area contributed by atoms with Crippen molar-refractivity contribution in [3.63, 3.8) is 0 Å². The average Bonchev–Trinajstić information content (AvgIpc) is 2.37. The van der Waals surface area contributed by atoms with Crippen LogP contribution in [0.3, 0.4) is 0 Å². The maximum absolute atomic E-state index is 6.20. The van der Waals surface area contributed by atoms with Crippen LogP contribution >= 0.6 is 11.6 Å². The van der Waals surface area contributed by atoms with Gasteiger partial charge in [0.1, 0.15) is 5.75 Å². The van der Waals surface area contributed by atoms with Crippen molar-refractivity contribution in [1.29, 1.82) is 0 Å². The molecule has 0 amide bonds. The molecule has 1 aromatic rings. The molecule has 1 aromatic carbocycles. The molecule has 0 saturated heterocycles. The largest absolute Gasteiger partial charge is 0.492 e. The maximum atomic E-state index is 6.20. The van der Waals surface area contributed by atoms with Gasteiger partial charge >= 0.3 is 0 Å². The summed E-state index contributed by atoms with van der Waals surface area (Å²) in [6.45, 7) is 6.29. The number of hydrogen-bond donors (Lipinski definition) is 1. The predicted octanol–water partition coefficient (Wildman–Crippen LogP) is 3.63. The van der Waals surface area contributed by atoms with Gasteiger partial charge in [0, 0.05) is 23.6 Å². The average molecular weight is 266 g/mol. The van der Waals surface area contributed by atoms with Crippen LogP contribution in [0.15, 0.2) is 18.2 Å². The molecule has 0 bridgehead atoms. The summed E-state index contributed by atoms with van der Waals surface area (Å²) in [7, 11) is 0. The Kier molecular flexibility index (Phi) is 7.32. The Morgan fingerprint density at radius 3 is 2.94 bits per heavy atom. The van der Waals surface area contributed by atoms with Crippen LogP contribution in [-0.2, 0) is 6.54 Å². The van der Waals surface area contributed by atoms with Crippen LogP contribution in [0, 0.1) is 11.8 Å². The molecule has 0 aliphatic carbocycles. The molecule has 1 rings (SSSR count). The van der Waals surface area contributed by atoms with Gasteiger partial charge in [-0.1, -0.05) is 24.6 Å². The van der Waals surface area contributed by atoms with E-state index >= 15 is 0 Å². The predicted molar refractivity (Wildman–Crippen MR) is 77.0 cm³/mol. The van der Waals surface area contributed by atoms with Gasteiger partial charge in [-0.3, -0.25) is 0 Å². The molecule has 0 atom stereocenters.